The molecule has 3 aromatic rings. The van der Waals surface area contributed by atoms with Crippen LogP contribution in [0.4, 0.5) is 0 Å². The van der Waals surface area contributed by atoms with Gasteiger partial charge in [-0.15, -0.1) is 0 Å². The lowest BCUT2D eigenvalue weighted by Crippen LogP contribution is -2.22. The van der Waals surface area contributed by atoms with E-state index in [4.69, 9.17) is 23.2 Å². The molecule has 0 aliphatic rings. The number of nitrogens with zero attached hydrogens (tertiary/aromatic N) is 3. The second kappa shape index (κ2) is 6.02. The number of nitrogens with one attached hydrogen (secondary N) is 1. The smallest absolute Gasteiger partial charge is 0.0896 e. The van der Waals surface area contributed by atoms with Crippen LogP contribution in [-0.4, -0.2) is 21.1 Å². The summed E-state index contributed by atoms with van der Waals surface area (Å²) < 4.78 is 1.80. The van der Waals surface area contributed by atoms with Gasteiger partial charge in [0.05, 0.1) is 24.0 Å². The molecular weight excluding hydrogens is 307 g/mol. The first kappa shape index (κ1) is 14.3. The Balaban J connectivity index is 2.15. The Hall–Kier alpha value is -1.62. The summed E-state index contributed by atoms with van der Waals surface area (Å²) in [5, 5.41) is 9.13. The molecule has 1 unspecified atom stereocenters. The molecule has 2 aromatic heterocycles. The van der Waals surface area contributed by atoms with E-state index in [0.717, 1.165) is 23.2 Å². The number of hydrogen-bond donors (Lipinski definition) is 1. The third-order valence-electron chi connectivity index (χ3n) is 3.34. The van der Waals surface area contributed by atoms with Crippen molar-refractivity contribution in [2.45, 2.75) is 13.0 Å². The predicted octanol–water partition coefficient (Wildman–Crippen LogP) is 3.74. The maximum absolute atomic E-state index is 6.35. The molecule has 0 spiro atoms. The Morgan fingerprint density at radius 3 is 2.90 bits per heavy atom. The van der Waals surface area contributed by atoms with E-state index in [0.29, 0.717) is 10.0 Å². The molecule has 0 saturated heterocycles. The Morgan fingerprint density at radius 2 is 2.10 bits per heavy atom. The van der Waals surface area contributed by atoms with Crippen molar-refractivity contribution in [1.29, 1.82) is 0 Å². The highest BCUT2D eigenvalue weighted by Gasteiger charge is 2.20. The minimum atomic E-state index is -0.0806. The Bertz CT molecular complexity index is 769. The minimum absolute atomic E-state index is 0.0806. The van der Waals surface area contributed by atoms with Crippen molar-refractivity contribution < 1.29 is 0 Å². The molecule has 4 nitrogen and oxygen atoms in total. The van der Waals surface area contributed by atoms with E-state index in [2.05, 4.69) is 22.3 Å². The van der Waals surface area contributed by atoms with Crippen LogP contribution < -0.4 is 5.32 Å². The Morgan fingerprint density at radius 1 is 1.24 bits per heavy atom. The monoisotopic (exact) mass is 320 g/mol. The molecule has 0 radical (unpaired) electrons. The number of rotatable bonds is 4. The predicted molar refractivity (Wildman–Crippen MR) is 85.0 cm³/mol. The van der Waals surface area contributed by atoms with Crippen LogP contribution in [0.25, 0.3) is 5.52 Å². The van der Waals surface area contributed by atoms with Gasteiger partial charge in [0.1, 0.15) is 0 Å². The number of halogens is 2. The lowest BCUT2D eigenvalue weighted by molar-refractivity contribution is 0.634. The van der Waals surface area contributed by atoms with Crippen molar-refractivity contribution >= 4 is 28.7 Å². The fraction of sp³-hybridized carbons (Fsp3) is 0.200. The fourth-order valence-electron chi connectivity index (χ4n) is 2.40. The highest BCUT2D eigenvalue weighted by atomic mass is 35.5. The van der Waals surface area contributed by atoms with Gasteiger partial charge in [0.2, 0.25) is 0 Å². The fourth-order valence-corrected chi connectivity index (χ4v) is 2.81. The highest BCUT2D eigenvalue weighted by Crippen LogP contribution is 2.32. The van der Waals surface area contributed by atoms with Gasteiger partial charge in [-0.2, -0.15) is 5.10 Å². The zero-order valence-electron chi connectivity index (χ0n) is 11.4. The Labute approximate surface area is 132 Å². The number of hydrogen-bond acceptors (Lipinski definition) is 3. The first-order chi connectivity index (χ1) is 10.2. The molecule has 3 rings (SSSR count). The first-order valence-corrected chi connectivity index (χ1v) is 7.42. The normalized spacial score (nSPS) is 12.7. The van der Waals surface area contributed by atoms with E-state index < -0.39 is 0 Å². The van der Waals surface area contributed by atoms with Crippen LogP contribution in [-0.2, 0) is 0 Å². The SMILES string of the molecule is CCNC(c1cc(Cl)ccc1Cl)c1cnn2ccncc12. The van der Waals surface area contributed by atoms with Gasteiger partial charge in [0, 0.05) is 28.0 Å². The van der Waals surface area contributed by atoms with Crippen molar-refractivity contribution in [3.8, 4) is 0 Å². The van der Waals surface area contributed by atoms with Crippen molar-refractivity contribution in [3.63, 3.8) is 0 Å². The summed E-state index contributed by atoms with van der Waals surface area (Å²) in [6.45, 7) is 2.85. The van der Waals surface area contributed by atoms with Crippen molar-refractivity contribution in [1.82, 2.24) is 19.9 Å². The molecule has 2 heterocycles. The van der Waals surface area contributed by atoms with Gasteiger partial charge in [0.15, 0.2) is 0 Å². The van der Waals surface area contributed by atoms with E-state index >= 15 is 0 Å². The van der Waals surface area contributed by atoms with Crippen LogP contribution in [0.3, 0.4) is 0 Å². The minimum Gasteiger partial charge on any atom is -0.306 e. The number of aromatic nitrogens is 3. The maximum Gasteiger partial charge on any atom is 0.0896 e. The zero-order chi connectivity index (χ0) is 14.8. The van der Waals surface area contributed by atoms with E-state index in [9.17, 15) is 0 Å². The van der Waals surface area contributed by atoms with Crippen LogP contribution in [0.5, 0.6) is 0 Å². The van der Waals surface area contributed by atoms with Crippen molar-refractivity contribution in [2.75, 3.05) is 6.54 Å². The topological polar surface area (TPSA) is 42.2 Å². The lowest BCUT2D eigenvalue weighted by atomic mass is 10.00. The van der Waals surface area contributed by atoms with Crippen molar-refractivity contribution in [2.24, 2.45) is 0 Å². The van der Waals surface area contributed by atoms with Gasteiger partial charge in [-0.1, -0.05) is 30.1 Å². The summed E-state index contributed by atoms with van der Waals surface area (Å²) in [7, 11) is 0. The van der Waals surface area contributed by atoms with E-state index in [1.165, 1.54) is 0 Å². The summed E-state index contributed by atoms with van der Waals surface area (Å²) in [6, 6.07) is 5.40. The average molecular weight is 321 g/mol. The zero-order valence-corrected chi connectivity index (χ0v) is 12.9. The summed E-state index contributed by atoms with van der Waals surface area (Å²) in [4.78, 5) is 4.17. The maximum atomic E-state index is 6.35. The molecule has 0 aliphatic carbocycles. The molecule has 1 atom stereocenters. The van der Waals surface area contributed by atoms with Gasteiger partial charge < -0.3 is 5.32 Å². The summed E-state index contributed by atoms with van der Waals surface area (Å²) in [6.07, 6.45) is 7.16. The van der Waals surface area contributed by atoms with Crippen LogP contribution in [0.1, 0.15) is 24.1 Å². The van der Waals surface area contributed by atoms with Gasteiger partial charge in [-0.3, -0.25) is 4.98 Å². The van der Waals surface area contributed by atoms with Crippen LogP contribution in [0, 0.1) is 0 Å². The largest absolute Gasteiger partial charge is 0.306 e. The molecule has 0 saturated carbocycles. The second-order valence-electron chi connectivity index (χ2n) is 4.66. The second-order valence-corrected chi connectivity index (χ2v) is 5.51. The Kier molecular flexibility index (Phi) is 4.10. The third kappa shape index (κ3) is 2.75. The first-order valence-electron chi connectivity index (χ1n) is 6.66. The molecule has 1 N–H and O–H groups in total. The van der Waals surface area contributed by atoms with Gasteiger partial charge in [-0.05, 0) is 30.3 Å². The molecule has 21 heavy (non-hydrogen) atoms. The van der Waals surface area contributed by atoms with E-state index in [-0.39, 0.29) is 6.04 Å². The standard InChI is InChI=1S/C15H14Cl2N4/c1-2-19-15(11-7-10(16)3-4-13(11)17)12-8-20-21-6-5-18-9-14(12)21/h3-9,15,19H,2H2,1H3. The summed E-state index contributed by atoms with van der Waals surface area (Å²) >= 11 is 12.5. The quantitative estimate of drug-likeness (QED) is 0.796. The van der Waals surface area contributed by atoms with E-state index in [1.807, 2.05) is 24.5 Å². The average Bonchev–Trinajstić information content (AvgIpc) is 2.91. The van der Waals surface area contributed by atoms with Crippen LogP contribution in [0.2, 0.25) is 10.0 Å². The van der Waals surface area contributed by atoms with Gasteiger partial charge >= 0.3 is 0 Å². The van der Waals surface area contributed by atoms with Crippen LogP contribution in [0.15, 0.2) is 43.0 Å². The highest BCUT2D eigenvalue weighted by molar-refractivity contribution is 6.33. The van der Waals surface area contributed by atoms with Gasteiger partial charge in [0.25, 0.3) is 0 Å². The van der Waals surface area contributed by atoms with Crippen molar-refractivity contribution in [3.05, 3.63) is 64.2 Å². The molecule has 0 aliphatic heterocycles. The van der Waals surface area contributed by atoms with Gasteiger partial charge in [-0.25, -0.2) is 4.52 Å². The lowest BCUT2D eigenvalue weighted by Gasteiger charge is -2.19. The number of benzene rings is 1. The number of fused-ring (bicyclic) bond motifs is 1. The molecular formula is C15H14Cl2N4. The van der Waals surface area contributed by atoms with E-state index in [1.54, 1.807) is 23.0 Å². The molecule has 6 heteroatoms. The molecule has 0 amide bonds. The summed E-state index contributed by atoms with van der Waals surface area (Å²) in [5.41, 5.74) is 2.90. The molecule has 108 valence electrons. The van der Waals surface area contributed by atoms with Crippen LogP contribution >= 0.6 is 23.2 Å². The summed E-state index contributed by atoms with van der Waals surface area (Å²) in [5.74, 6) is 0. The molecule has 0 bridgehead atoms. The third-order valence-corrected chi connectivity index (χ3v) is 3.92. The molecule has 0 fully saturated rings. The molecule has 1 aromatic carbocycles.